The van der Waals surface area contributed by atoms with Crippen molar-refractivity contribution in [3.63, 3.8) is 0 Å². The predicted octanol–water partition coefficient (Wildman–Crippen LogP) is 27.0. The van der Waals surface area contributed by atoms with Crippen LogP contribution in [0, 0.1) is 0 Å². The molecular formula is C81H148O5. The van der Waals surface area contributed by atoms with Gasteiger partial charge >= 0.3 is 11.9 Å². The van der Waals surface area contributed by atoms with Gasteiger partial charge in [0, 0.05) is 12.8 Å². The fourth-order valence-corrected chi connectivity index (χ4v) is 11.8. The van der Waals surface area contributed by atoms with Crippen LogP contribution in [0.25, 0.3) is 0 Å². The Morgan fingerprint density at radius 3 is 0.756 bits per heavy atom. The first-order chi connectivity index (χ1) is 42.6. The van der Waals surface area contributed by atoms with E-state index in [-0.39, 0.29) is 25.2 Å². The highest BCUT2D eigenvalue weighted by Crippen LogP contribution is 2.20. The first-order valence-corrected chi connectivity index (χ1v) is 38.5. The molecule has 0 aliphatic heterocycles. The standard InChI is InChI=1S/C81H148O5/c1-3-5-7-9-11-13-15-17-19-21-23-25-27-29-31-33-35-37-39-40-42-43-45-47-49-51-53-55-57-59-61-63-65-67-69-71-73-75-80(83)85-78-79(77-82)86-81(84)76-74-72-70-68-66-64-62-60-58-56-54-52-50-48-46-44-41-38-36-34-32-30-28-26-24-22-20-18-16-14-12-10-8-6-4-2/h6,8,12,14,18,20,24,26,30,32,36,38,79,82H,3-5,7,9-11,13,15-17,19,21-23,25,27-29,31,33-35,37,39-78H2,1-2H3/b8-6-,14-12-,20-18-,26-24-,32-30-,38-36-. The molecular weight excluding hydrogens is 1050 g/mol. The van der Waals surface area contributed by atoms with E-state index in [1.165, 1.54) is 315 Å². The molecule has 0 aliphatic carbocycles. The topological polar surface area (TPSA) is 72.8 Å². The highest BCUT2D eigenvalue weighted by Gasteiger charge is 2.16. The van der Waals surface area contributed by atoms with Crippen LogP contribution in [0.2, 0.25) is 0 Å². The molecule has 0 radical (unpaired) electrons. The molecule has 0 spiro atoms. The number of allylic oxidation sites excluding steroid dienone is 12. The van der Waals surface area contributed by atoms with Gasteiger partial charge in [0.2, 0.25) is 0 Å². The third kappa shape index (κ3) is 73.8. The number of unbranched alkanes of at least 4 members (excludes halogenated alkanes) is 52. The van der Waals surface area contributed by atoms with Crippen LogP contribution in [-0.2, 0) is 19.1 Å². The fourth-order valence-electron chi connectivity index (χ4n) is 11.8. The number of hydrogen-bond donors (Lipinski definition) is 1. The number of hydrogen-bond acceptors (Lipinski definition) is 5. The summed E-state index contributed by atoms with van der Waals surface area (Å²) in [5.41, 5.74) is 0. The van der Waals surface area contributed by atoms with Crippen LogP contribution in [-0.4, -0.2) is 36.4 Å². The monoisotopic (exact) mass is 1200 g/mol. The Hall–Kier alpha value is -2.66. The smallest absolute Gasteiger partial charge is 0.306 e. The molecule has 0 aromatic carbocycles. The maximum Gasteiger partial charge on any atom is 0.306 e. The minimum atomic E-state index is -0.774. The van der Waals surface area contributed by atoms with Crippen LogP contribution in [0.15, 0.2) is 72.9 Å². The van der Waals surface area contributed by atoms with Gasteiger partial charge in [-0.1, -0.05) is 408 Å². The number of aliphatic hydroxyl groups excluding tert-OH is 1. The molecule has 0 aromatic heterocycles. The van der Waals surface area contributed by atoms with Gasteiger partial charge < -0.3 is 14.6 Å². The summed E-state index contributed by atoms with van der Waals surface area (Å²) in [6, 6.07) is 0. The Bertz CT molecular complexity index is 1500. The van der Waals surface area contributed by atoms with E-state index in [0.717, 1.165) is 70.6 Å². The third-order valence-corrected chi connectivity index (χ3v) is 17.5. The Balaban J connectivity index is 3.39. The van der Waals surface area contributed by atoms with E-state index in [4.69, 9.17) is 9.47 Å². The summed E-state index contributed by atoms with van der Waals surface area (Å²) in [7, 11) is 0. The van der Waals surface area contributed by atoms with Crippen LogP contribution >= 0.6 is 0 Å². The van der Waals surface area contributed by atoms with Crippen molar-refractivity contribution in [2.24, 2.45) is 0 Å². The lowest BCUT2D eigenvalue weighted by atomic mass is 10.0. The van der Waals surface area contributed by atoms with Crippen LogP contribution < -0.4 is 0 Å². The second-order valence-corrected chi connectivity index (χ2v) is 26.1. The van der Waals surface area contributed by atoms with Gasteiger partial charge in [-0.2, -0.15) is 0 Å². The summed E-state index contributed by atoms with van der Waals surface area (Å²) in [6.45, 7) is 4.09. The van der Waals surface area contributed by atoms with Gasteiger partial charge in [-0.25, -0.2) is 0 Å². The first-order valence-electron chi connectivity index (χ1n) is 38.5. The van der Waals surface area contributed by atoms with E-state index in [1.807, 2.05) is 0 Å². The second kappa shape index (κ2) is 76.6. The fraction of sp³-hybridized carbons (Fsp3) is 0.827. The molecule has 5 heteroatoms. The van der Waals surface area contributed by atoms with Gasteiger partial charge in [0.05, 0.1) is 6.61 Å². The lowest BCUT2D eigenvalue weighted by Crippen LogP contribution is -2.28. The Kier molecular flexibility index (Phi) is 74.2. The summed E-state index contributed by atoms with van der Waals surface area (Å²) in [5.74, 6) is -0.570. The normalized spacial score (nSPS) is 12.5. The number of carbonyl (C=O) groups excluding carboxylic acids is 2. The molecule has 0 aliphatic rings. The van der Waals surface area contributed by atoms with Gasteiger partial charge in [-0.3, -0.25) is 9.59 Å². The zero-order valence-electron chi connectivity index (χ0n) is 57.8. The van der Waals surface area contributed by atoms with Crippen LogP contribution in [0.5, 0.6) is 0 Å². The van der Waals surface area contributed by atoms with Crippen molar-refractivity contribution >= 4 is 11.9 Å². The summed E-state index contributed by atoms with van der Waals surface area (Å²) >= 11 is 0. The number of rotatable bonds is 72. The summed E-state index contributed by atoms with van der Waals surface area (Å²) in [5, 5.41) is 9.72. The number of aliphatic hydroxyl groups is 1. The average molecular weight is 1200 g/mol. The third-order valence-electron chi connectivity index (χ3n) is 17.5. The molecule has 0 rings (SSSR count). The van der Waals surface area contributed by atoms with Gasteiger partial charge in [0.25, 0.3) is 0 Å². The van der Waals surface area contributed by atoms with E-state index in [9.17, 15) is 14.7 Å². The van der Waals surface area contributed by atoms with E-state index in [2.05, 4.69) is 86.8 Å². The molecule has 0 fully saturated rings. The molecule has 0 saturated carbocycles. The molecule has 0 bridgehead atoms. The first kappa shape index (κ1) is 83.3. The maximum absolute atomic E-state index is 12.4. The molecule has 86 heavy (non-hydrogen) atoms. The zero-order valence-corrected chi connectivity index (χ0v) is 57.8. The summed E-state index contributed by atoms with van der Waals surface area (Å²) in [6.07, 6.45) is 107. The molecule has 1 atom stereocenters. The Morgan fingerprint density at radius 2 is 0.500 bits per heavy atom. The van der Waals surface area contributed by atoms with Crippen LogP contribution in [0.4, 0.5) is 0 Å². The van der Waals surface area contributed by atoms with Crippen LogP contribution in [0.1, 0.15) is 412 Å². The zero-order chi connectivity index (χ0) is 61.9. The van der Waals surface area contributed by atoms with Gasteiger partial charge in [0.15, 0.2) is 6.10 Å². The highest BCUT2D eigenvalue weighted by molar-refractivity contribution is 5.70. The van der Waals surface area contributed by atoms with Crippen molar-refractivity contribution in [2.75, 3.05) is 13.2 Å². The van der Waals surface area contributed by atoms with E-state index in [1.54, 1.807) is 0 Å². The summed E-state index contributed by atoms with van der Waals surface area (Å²) < 4.78 is 10.8. The predicted molar refractivity (Wildman–Crippen MR) is 380 cm³/mol. The lowest BCUT2D eigenvalue weighted by Gasteiger charge is -2.15. The number of carbonyl (C=O) groups is 2. The second-order valence-electron chi connectivity index (χ2n) is 26.1. The average Bonchev–Trinajstić information content (AvgIpc) is 3.55. The minimum Gasteiger partial charge on any atom is -0.462 e. The quantitative estimate of drug-likeness (QED) is 0.0373. The van der Waals surface area contributed by atoms with Crippen molar-refractivity contribution in [2.45, 2.75) is 418 Å². The van der Waals surface area contributed by atoms with Crippen molar-refractivity contribution in [3.8, 4) is 0 Å². The molecule has 502 valence electrons. The Morgan fingerprint density at radius 1 is 0.279 bits per heavy atom. The largest absolute Gasteiger partial charge is 0.462 e. The van der Waals surface area contributed by atoms with Crippen molar-refractivity contribution in [1.82, 2.24) is 0 Å². The van der Waals surface area contributed by atoms with E-state index < -0.39 is 6.10 Å². The molecule has 0 heterocycles. The highest BCUT2D eigenvalue weighted by atomic mass is 16.6. The summed E-state index contributed by atoms with van der Waals surface area (Å²) in [4.78, 5) is 24.7. The van der Waals surface area contributed by atoms with Crippen molar-refractivity contribution in [3.05, 3.63) is 72.9 Å². The van der Waals surface area contributed by atoms with Gasteiger partial charge in [0.1, 0.15) is 6.61 Å². The van der Waals surface area contributed by atoms with E-state index >= 15 is 0 Å². The minimum absolute atomic E-state index is 0.0619. The maximum atomic E-state index is 12.4. The van der Waals surface area contributed by atoms with Crippen molar-refractivity contribution < 1.29 is 24.2 Å². The number of esters is 2. The van der Waals surface area contributed by atoms with Crippen LogP contribution in [0.3, 0.4) is 0 Å². The molecule has 1 unspecified atom stereocenters. The lowest BCUT2D eigenvalue weighted by molar-refractivity contribution is -0.161. The van der Waals surface area contributed by atoms with Crippen molar-refractivity contribution in [1.29, 1.82) is 0 Å². The Labute approximate surface area is 537 Å². The number of ether oxygens (including phenoxy) is 2. The molecule has 0 amide bonds. The SMILES string of the molecule is CC/C=C\C/C=C\C/C=C\C/C=C\C/C=C\C/C=C\CCCCCCCCCCCCCCCCCCC(=O)OC(CO)COC(=O)CCCCCCCCCCCCCCCCCCCCCCCCCCCCCCCCCCCCCCC. The molecule has 0 aromatic rings. The molecule has 5 nitrogen and oxygen atoms in total. The van der Waals surface area contributed by atoms with E-state index in [0.29, 0.717) is 12.8 Å². The van der Waals surface area contributed by atoms with Gasteiger partial charge in [-0.05, 0) is 64.2 Å². The molecule has 0 saturated heterocycles. The molecule has 1 N–H and O–H groups in total. The van der Waals surface area contributed by atoms with Gasteiger partial charge in [-0.15, -0.1) is 0 Å².